The Bertz CT molecular complexity index is 1120. The number of aromatic nitrogens is 4. The zero-order valence-corrected chi connectivity index (χ0v) is 18.0. The molecule has 3 rings (SSSR count). The lowest BCUT2D eigenvalue weighted by atomic mass is 10.2. The van der Waals surface area contributed by atoms with Crippen molar-refractivity contribution in [3.05, 3.63) is 50.7 Å². The number of aryl methyl sites for hydroxylation is 2. The summed E-state index contributed by atoms with van der Waals surface area (Å²) in [5, 5.41) is 20.6. The predicted octanol–water partition coefficient (Wildman–Crippen LogP) is 0.898. The number of rotatable bonds is 9. The van der Waals surface area contributed by atoms with Gasteiger partial charge in [-0.05, 0) is 31.0 Å². The van der Waals surface area contributed by atoms with Crippen LogP contribution in [0.1, 0.15) is 19.4 Å². The molecular formula is C20H26N4O5S. The summed E-state index contributed by atoms with van der Waals surface area (Å²) in [4.78, 5) is 31.0. The zero-order chi connectivity index (χ0) is 21.8. The molecule has 0 fully saturated rings. The van der Waals surface area contributed by atoms with Crippen molar-refractivity contribution in [1.82, 2.24) is 19.1 Å². The van der Waals surface area contributed by atoms with Crippen LogP contribution in [0.3, 0.4) is 0 Å². The summed E-state index contributed by atoms with van der Waals surface area (Å²) in [5.74, 6) is 0.997. The van der Waals surface area contributed by atoms with Crippen LogP contribution < -0.4 is 16.0 Å². The van der Waals surface area contributed by atoms with E-state index in [1.54, 1.807) is 11.5 Å². The molecule has 2 heterocycles. The van der Waals surface area contributed by atoms with Crippen LogP contribution in [0, 0.1) is 0 Å². The molecule has 10 heteroatoms. The number of nitrogens with one attached hydrogen (secondary N) is 1. The lowest BCUT2D eigenvalue weighted by molar-refractivity contribution is 0.0913. The molecule has 0 aliphatic rings. The number of aromatic amines is 1. The maximum atomic E-state index is 12.4. The van der Waals surface area contributed by atoms with Crippen LogP contribution in [0.4, 0.5) is 0 Å². The topological polar surface area (TPSA) is 122 Å². The van der Waals surface area contributed by atoms with Crippen LogP contribution in [0.2, 0.25) is 0 Å². The Kier molecular flexibility index (Phi) is 7.01. The highest BCUT2D eigenvalue weighted by Gasteiger charge is 2.20. The number of hydrogen-bond donors (Lipinski definition) is 3. The summed E-state index contributed by atoms with van der Waals surface area (Å²) >= 11 is 1.25. The third-order valence-corrected chi connectivity index (χ3v) is 5.81. The average Bonchev–Trinajstić information content (AvgIpc) is 3.08. The smallest absolute Gasteiger partial charge is 0.329 e. The molecule has 0 unspecified atom stereocenters. The van der Waals surface area contributed by atoms with Gasteiger partial charge < -0.3 is 19.5 Å². The van der Waals surface area contributed by atoms with E-state index in [1.807, 2.05) is 24.3 Å². The molecule has 0 amide bonds. The van der Waals surface area contributed by atoms with Gasteiger partial charge in [-0.1, -0.05) is 30.8 Å². The third-order valence-electron chi connectivity index (χ3n) is 4.59. The number of aliphatic hydroxyl groups excluding tert-OH is 2. The quantitative estimate of drug-likeness (QED) is 0.428. The largest absolute Gasteiger partial charge is 0.491 e. The van der Waals surface area contributed by atoms with Crippen LogP contribution in [0.5, 0.6) is 5.75 Å². The van der Waals surface area contributed by atoms with Gasteiger partial charge in [0.1, 0.15) is 18.5 Å². The molecule has 0 aliphatic heterocycles. The van der Waals surface area contributed by atoms with Crippen molar-refractivity contribution in [2.24, 2.45) is 7.05 Å². The monoisotopic (exact) mass is 434 g/mol. The molecule has 30 heavy (non-hydrogen) atoms. The molecule has 1 aromatic carbocycles. The van der Waals surface area contributed by atoms with Crippen molar-refractivity contribution >= 4 is 22.9 Å². The van der Waals surface area contributed by atoms with Gasteiger partial charge in [0.05, 0.1) is 12.6 Å². The Morgan fingerprint density at radius 1 is 1.23 bits per heavy atom. The first-order valence-corrected chi connectivity index (χ1v) is 10.7. The Morgan fingerprint density at radius 2 is 1.93 bits per heavy atom. The number of fused-ring (bicyclic) bond motifs is 1. The van der Waals surface area contributed by atoms with Gasteiger partial charge in [-0.3, -0.25) is 14.3 Å². The second kappa shape index (κ2) is 9.50. The van der Waals surface area contributed by atoms with Crippen LogP contribution in [-0.4, -0.2) is 53.9 Å². The van der Waals surface area contributed by atoms with Crippen LogP contribution in [0.15, 0.2) is 39.0 Å². The molecule has 0 spiro atoms. The average molecular weight is 435 g/mol. The van der Waals surface area contributed by atoms with Gasteiger partial charge in [-0.25, -0.2) is 9.78 Å². The molecular weight excluding hydrogens is 408 g/mol. The van der Waals surface area contributed by atoms with Crippen molar-refractivity contribution in [1.29, 1.82) is 0 Å². The van der Waals surface area contributed by atoms with Gasteiger partial charge >= 0.3 is 5.69 Å². The van der Waals surface area contributed by atoms with Gasteiger partial charge in [0, 0.05) is 12.8 Å². The number of nitrogens with zero attached hydrogens (tertiary/aromatic N) is 3. The molecule has 0 bridgehead atoms. The molecule has 9 nitrogen and oxygen atoms in total. The second-order valence-corrected chi connectivity index (χ2v) is 8.11. The fourth-order valence-electron chi connectivity index (χ4n) is 2.97. The predicted molar refractivity (Wildman–Crippen MR) is 115 cm³/mol. The van der Waals surface area contributed by atoms with E-state index < -0.39 is 23.5 Å². The summed E-state index contributed by atoms with van der Waals surface area (Å²) in [6.45, 7) is 3.79. The standard InChI is InChI=1S/C20H26N4O5S/c1-4-13-5-7-15(8-6-13)29-10-14(26)9-24-16-17(21-20(24)30-11-12(2)25)23(3)19(28)22-18(16)27/h5-8,12,14,25-26H,4,9-11H2,1-3H3,(H,22,27,28)/t12-,14-/m1/s1. The van der Waals surface area contributed by atoms with Crippen LogP contribution >= 0.6 is 11.8 Å². The molecule has 0 saturated carbocycles. The maximum absolute atomic E-state index is 12.4. The minimum atomic E-state index is -0.921. The van der Waals surface area contributed by atoms with E-state index in [0.717, 1.165) is 6.42 Å². The molecule has 2 aromatic heterocycles. The Morgan fingerprint density at radius 3 is 2.57 bits per heavy atom. The van der Waals surface area contributed by atoms with Gasteiger partial charge in [0.15, 0.2) is 16.3 Å². The lowest BCUT2D eigenvalue weighted by Crippen LogP contribution is -2.30. The summed E-state index contributed by atoms with van der Waals surface area (Å²) in [7, 11) is 1.51. The molecule has 0 radical (unpaired) electrons. The highest BCUT2D eigenvalue weighted by atomic mass is 32.2. The van der Waals surface area contributed by atoms with Gasteiger partial charge in [-0.15, -0.1) is 0 Å². The first-order chi connectivity index (χ1) is 14.3. The zero-order valence-electron chi connectivity index (χ0n) is 17.2. The van der Waals surface area contributed by atoms with Crippen LogP contribution in [0.25, 0.3) is 11.2 Å². The van der Waals surface area contributed by atoms with E-state index in [1.165, 1.54) is 28.9 Å². The van der Waals surface area contributed by atoms with E-state index in [2.05, 4.69) is 16.9 Å². The van der Waals surface area contributed by atoms with E-state index in [-0.39, 0.29) is 24.3 Å². The number of thioether (sulfide) groups is 1. The normalized spacial score (nSPS) is 13.5. The minimum absolute atomic E-state index is 0.0231. The maximum Gasteiger partial charge on any atom is 0.329 e. The number of aliphatic hydroxyl groups is 2. The molecule has 0 aliphatic carbocycles. The van der Waals surface area contributed by atoms with Gasteiger partial charge in [-0.2, -0.15) is 0 Å². The summed E-state index contributed by atoms with van der Waals surface area (Å²) in [6.07, 6.45) is -0.568. The van der Waals surface area contributed by atoms with E-state index in [4.69, 9.17) is 4.74 Å². The highest BCUT2D eigenvalue weighted by Crippen LogP contribution is 2.23. The molecule has 0 saturated heterocycles. The van der Waals surface area contributed by atoms with Crippen molar-refractivity contribution in [2.75, 3.05) is 12.4 Å². The number of H-pyrrole nitrogens is 1. The lowest BCUT2D eigenvalue weighted by Gasteiger charge is -2.15. The highest BCUT2D eigenvalue weighted by molar-refractivity contribution is 7.99. The number of imidazole rings is 1. The first-order valence-electron chi connectivity index (χ1n) is 9.70. The van der Waals surface area contributed by atoms with Gasteiger partial charge in [0.2, 0.25) is 0 Å². The summed E-state index contributed by atoms with van der Waals surface area (Å²) < 4.78 is 8.48. The SMILES string of the molecule is CCc1ccc(OC[C@H](O)Cn2c(SC[C@@H](C)O)nc3c2c(=O)[nH]c(=O)n3C)cc1. The van der Waals surface area contributed by atoms with E-state index >= 15 is 0 Å². The molecule has 2 atom stereocenters. The molecule has 3 aromatic rings. The molecule has 3 N–H and O–H groups in total. The van der Waals surface area contributed by atoms with E-state index in [0.29, 0.717) is 16.7 Å². The Hall–Kier alpha value is -2.56. The summed E-state index contributed by atoms with van der Waals surface area (Å²) in [6, 6.07) is 7.64. The van der Waals surface area contributed by atoms with E-state index in [9.17, 15) is 19.8 Å². The van der Waals surface area contributed by atoms with Crippen molar-refractivity contribution in [3.63, 3.8) is 0 Å². The van der Waals surface area contributed by atoms with Crippen LogP contribution in [-0.2, 0) is 20.0 Å². The van der Waals surface area contributed by atoms with Crippen molar-refractivity contribution < 1.29 is 14.9 Å². The number of benzene rings is 1. The number of hydrogen-bond acceptors (Lipinski definition) is 7. The van der Waals surface area contributed by atoms with Crippen molar-refractivity contribution in [3.8, 4) is 5.75 Å². The molecule has 162 valence electrons. The third kappa shape index (κ3) is 4.94. The first kappa shape index (κ1) is 22.1. The second-order valence-electron chi connectivity index (χ2n) is 7.12. The fourth-order valence-corrected chi connectivity index (χ4v) is 3.83. The Balaban J connectivity index is 1.85. The van der Waals surface area contributed by atoms with Gasteiger partial charge in [0.25, 0.3) is 5.56 Å². The van der Waals surface area contributed by atoms with Crippen molar-refractivity contribution in [2.45, 2.75) is 44.2 Å². The summed E-state index contributed by atoms with van der Waals surface area (Å²) in [5.41, 5.74) is 0.463. The Labute approximate surface area is 177 Å². The minimum Gasteiger partial charge on any atom is -0.491 e. The number of ether oxygens (including phenoxy) is 1. The fraction of sp³-hybridized carbons (Fsp3) is 0.450.